The van der Waals surface area contributed by atoms with Crippen LogP contribution < -0.4 is 14.8 Å². The van der Waals surface area contributed by atoms with Crippen LogP contribution in [0.5, 0.6) is 5.75 Å². The Morgan fingerprint density at radius 1 is 1.42 bits per heavy atom. The van der Waals surface area contributed by atoms with Crippen LogP contribution in [0.1, 0.15) is 12.0 Å². The van der Waals surface area contributed by atoms with E-state index in [9.17, 15) is 13.2 Å². The topological polar surface area (TPSA) is 89.7 Å². The Hall–Kier alpha value is -1.60. The van der Waals surface area contributed by atoms with Gasteiger partial charge in [0.25, 0.3) is 0 Å². The lowest BCUT2D eigenvalue weighted by atomic mass is 10.2. The molecule has 1 heterocycles. The molecule has 0 bridgehead atoms. The van der Waals surface area contributed by atoms with E-state index in [1.54, 1.807) is 12.1 Å². The monoisotopic (exact) mass is 284 g/mol. The van der Waals surface area contributed by atoms with Gasteiger partial charge in [0.1, 0.15) is 11.0 Å². The van der Waals surface area contributed by atoms with Crippen molar-refractivity contribution in [3.8, 4) is 5.75 Å². The van der Waals surface area contributed by atoms with Gasteiger partial charge in [-0.3, -0.25) is 4.79 Å². The molecular formula is C12H16N2O4S. The van der Waals surface area contributed by atoms with Gasteiger partial charge in [-0.25, -0.2) is 13.6 Å². The Kier molecular flexibility index (Phi) is 3.51. The summed E-state index contributed by atoms with van der Waals surface area (Å²) in [5.41, 5.74) is 1.57. The van der Waals surface area contributed by atoms with Crippen LogP contribution in [0.3, 0.4) is 0 Å². The molecule has 19 heavy (non-hydrogen) atoms. The number of nitrogens with zero attached hydrogens (tertiary/aromatic N) is 1. The van der Waals surface area contributed by atoms with Crippen molar-refractivity contribution >= 4 is 21.6 Å². The molecular weight excluding hydrogens is 268 g/mol. The van der Waals surface area contributed by atoms with Gasteiger partial charge in [0.15, 0.2) is 0 Å². The first-order chi connectivity index (χ1) is 8.82. The highest BCUT2D eigenvalue weighted by molar-refractivity contribution is 7.89. The minimum absolute atomic E-state index is 0.0666. The number of carbonyl (C=O) groups excluding carboxylic acids is 1. The van der Waals surface area contributed by atoms with Crippen LogP contribution in [-0.2, 0) is 14.8 Å². The number of benzene rings is 1. The molecule has 2 N–H and O–H groups in total. The van der Waals surface area contributed by atoms with E-state index in [0.29, 0.717) is 11.4 Å². The molecule has 104 valence electrons. The molecule has 0 aromatic heterocycles. The zero-order valence-corrected chi connectivity index (χ0v) is 11.6. The summed E-state index contributed by atoms with van der Waals surface area (Å²) >= 11 is 0. The summed E-state index contributed by atoms with van der Waals surface area (Å²) in [6, 6.07) is 5.39. The maximum Gasteiger partial charge on any atom is 0.228 e. The third-order valence-electron chi connectivity index (χ3n) is 3.18. The van der Waals surface area contributed by atoms with Gasteiger partial charge in [-0.15, -0.1) is 0 Å². The number of rotatable bonds is 3. The van der Waals surface area contributed by atoms with Gasteiger partial charge in [-0.05, 0) is 24.6 Å². The Balaban J connectivity index is 2.36. The summed E-state index contributed by atoms with van der Waals surface area (Å²) < 4.78 is 27.9. The average Bonchev–Trinajstić information content (AvgIpc) is 2.71. The van der Waals surface area contributed by atoms with Crippen molar-refractivity contribution in [3.05, 3.63) is 23.8 Å². The molecule has 1 atom stereocenters. The Bertz CT molecular complexity index is 612. The maximum atomic E-state index is 11.9. The summed E-state index contributed by atoms with van der Waals surface area (Å²) in [6.07, 6.45) is -0.0874. The highest BCUT2D eigenvalue weighted by Gasteiger charge is 2.38. The molecule has 7 heteroatoms. The number of hydrogen-bond acceptors (Lipinski definition) is 4. The highest BCUT2D eigenvalue weighted by Crippen LogP contribution is 2.33. The molecule has 0 spiro atoms. The number of primary sulfonamides is 1. The maximum absolute atomic E-state index is 11.9. The quantitative estimate of drug-likeness (QED) is 0.869. The molecule has 1 unspecified atom stereocenters. The van der Waals surface area contributed by atoms with Crippen molar-refractivity contribution in [2.24, 2.45) is 5.14 Å². The lowest BCUT2D eigenvalue weighted by Crippen LogP contribution is -2.32. The number of methoxy groups -OCH3 is 1. The van der Waals surface area contributed by atoms with Crippen LogP contribution in [0.4, 0.5) is 5.69 Å². The fourth-order valence-corrected chi connectivity index (χ4v) is 2.87. The largest absolute Gasteiger partial charge is 0.495 e. The second kappa shape index (κ2) is 4.82. The summed E-state index contributed by atoms with van der Waals surface area (Å²) in [5, 5.41) is 4.24. The number of sulfonamides is 1. The smallest absolute Gasteiger partial charge is 0.228 e. The number of ether oxygens (including phenoxy) is 1. The molecule has 0 radical (unpaired) electrons. The third kappa shape index (κ3) is 2.71. The summed E-state index contributed by atoms with van der Waals surface area (Å²) in [5.74, 6) is 0.282. The van der Waals surface area contributed by atoms with Crippen LogP contribution in [0.25, 0.3) is 0 Å². The first-order valence-electron chi connectivity index (χ1n) is 5.79. The summed E-state index contributed by atoms with van der Waals surface area (Å²) in [6.45, 7) is 1.97. The van der Waals surface area contributed by atoms with Gasteiger partial charge >= 0.3 is 0 Å². The van der Waals surface area contributed by atoms with Gasteiger partial charge in [-0.1, -0.05) is 6.07 Å². The normalized spacial score (nSPS) is 19.8. The van der Waals surface area contributed by atoms with Crippen molar-refractivity contribution in [1.82, 2.24) is 0 Å². The van der Waals surface area contributed by atoms with E-state index < -0.39 is 15.3 Å². The molecule has 0 aliphatic carbocycles. The van der Waals surface area contributed by atoms with E-state index in [0.717, 1.165) is 5.56 Å². The highest BCUT2D eigenvalue weighted by atomic mass is 32.2. The van der Waals surface area contributed by atoms with Gasteiger partial charge in [0, 0.05) is 13.0 Å². The van der Waals surface area contributed by atoms with E-state index in [4.69, 9.17) is 9.88 Å². The molecule has 1 aliphatic heterocycles. The van der Waals surface area contributed by atoms with Crippen molar-refractivity contribution < 1.29 is 17.9 Å². The second-order valence-electron chi connectivity index (χ2n) is 4.59. The third-order valence-corrected chi connectivity index (χ3v) is 4.43. The first-order valence-corrected chi connectivity index (χ1v) is 7.40. The second-order valence-corrected chi connectivity index (χ2v) is 6.44. The number of amides is 1. The summed E-state index contributed by atoms with van der Waals surface area (Å²) in [7, 11) is -2.20. The molecule has 0 saturated carbocycles. The summed E-state index contributed by atoms with van der Waals surface area (Å²) in [4.78, 5) is 13.3. The molecule has 6 nitrogen and oxygen atoms in total. The Morgan fingerprint density at radius 3 is 2.63 bits per heavy atom. The lowest BCUT2D eigenvalue weighted by molar-refractivity contribution is -0.117. The zero-order valence-electron chi connectivity index (χ0n) is 10.8. The van der Waals surface area contributed by atoms with Crippen LogP contribution in [0, 0.1) is 6.92 Å². The Labute approximate surface area is 112 Å². The zero-order chi connectivity index (χ0) is 14.2. The molecule has 1 fully saturated rings. The molecule has 1 aliphatic rings. The van der Waals surface area contributed by atoms with Crippen LogP contribution in [-0.4, -0.2) is 33.2 Å². The minimum Gasteiger partial charge on any atom is -0.495 e. The lowest BCUT2D eigenvalue weighted by Gasteiger charge is -2.19. The Morgan fingerprint density at radius 2 is 2.11 bits per heavy atom. The fourth-order valence-electron chi connectivity index (χ4n) is 2.14. The van der Waals surface area contributed by atoms with Crippen LogP contribution in [0.2, 0.25) is 0 Å². The average molecular weight is 284 g/mol. The van der Waals surface area contributed by atoms with Gasteiger partial charge in [-0.2, -0.15) is 0 Å². The molecule has 1 amide bonds. The standard InChI is InChI=1S/C12H16N2O4S/c1-8-3-4-10(11(5-8)18-2)14-7-9(6-12(14)15)19(13,16)17/h3-5,9H,6-7H2,1-2H3,(H2,13,16,17). The number of hydrogen-bond donors (Lipinski definition) is 1. The van der Waals surface area contributed by atoms with Crippen LogP contribution >= 0.6 is 0 Å². The van der Waals surface area contributed by atoms with Crippen molar-refractivity contribution in [3.63, 3.8) is 0 Å². The van der Waals surface area contributed by atoms with Crippen LogP contribution in [0.15, 0.2) is 18.2 Å². The van der Waals surface area contributed by atoms with Gasteiger partial charge < -0.3 is 9.64 Å². The number of nitrogens with two attached hydrogens (primary N) is 1. The predicted octanol–water partition coefficient (Wildman–Crippen LogP) is 0.397. The predicted molar refractivity (Wildman–Crippen MR) is 71.6 cm³/mol. The number of anilines is 1. The fraction of sp³-hybridized carbons (Fsp3) is 0.417. The molecule has 1 saturated heterocycles. The molecule has 1 aromatic rings. The van der Waals surface area contributed by atoms with E-state index in [-0.39, 0.29) is 18.9 Å². The number of aryl methyl sites for hydroxylation is 1. The molecule has 2 rings (SSSR count). The minimum atomic E-state index is -3.71. The van der Waals surface area contributed by atoms with Gasteiger partial charge in [0.05, 0.1) is 12.8 Å². The van der Waals surface area contributed by atoms with E-state index >= 15 is 0 Å². The van der Waals surface area contributed by atoms with Crippen molar-refractivity contribution in [2.45, 2.75) is 18.6 Å². The van der Waals surface area contributed by atoms with E-state index in [2.05, 4.69) is 0 Å². The number of carbonyl (C=O) groups is 1. The SMILES string of the molecule is COc1cc(C)ccc1N1CC(S(N)(=O)=O)CC1=O. The molecule has 1 aromatic carbocycles. The van der Waals surface area contributed by atoms with E-state index in [1.165, 1.54) is 12.0 Å². The first kappa shape index (κ1) is 13.8. The van der Waals surface area contributed by atoms with Crippen molar-refractivity contribution in [1.29, 1.82) is 0 Å². The van der Waals surface area contributed by atoms with Gasteiger partial charge in [0.2, 0.25) is 15.9 Å². The van der Waals surface area contributed by atoms with Crippen molar-refractivity contribution in [2.75, 3.05) is 18.6 Å². The van der Waals surface area contributed by atoms with E-state index in [1.807, 2.05) is 13.0 Å².